The van der Waals surface area contributed by atoms with Crippen molar-refractivity contribution >= 4 is 17.4 Å². The molecule has 26 heavy (non-hydrogen) atoms. The molecule has 0 radical (unpaired) electrons. The number of hydrogen-bond acceptors (Lipinski definition) is 4. The first kappa shape index (κ1) is 18.0. The number of rotatable bonds is 7. The molecule has 1 aliphatic rings. The number of benzene rings is 2. The summed E-state index contributed by atoms with van der Waals surface area (Å²) in [6.07, 6.45) is 2.04. The maximum Gasteiger partial charge on any atom is 0.299 e. The smallest absolute Gasteiger partial charge is 0.299 e. The molecule has 0 aromatic heterocycles. The number of carbonyl (C=O) groups excluding carboxylic acids is 2. The Kier molecular flexibility index (Phi) is 5.26. The first-order valence-corrected chi connectivity index (χ1v) is 8.82. The van der Waals surface area contributed by atoms with Crippen LogP contribution in [0.4, 0.5) is 5.69 Å². The second kappa shape index (κ2) is 7.60. The SMILES string of the molecule is CCCCOc1ccc(CN2C(=O)C(=O)c3cccc(C)c32)cc1OC. The lowest BCUT2D eigenvalue weighted by Crippen LogP contribution is -2.29. The van der Waals surface area contributed by atoms with Crippen LogP contribution in [-0.2, 0) is 11.3 Å². The Morgan fingerprint density at radius 2 is 1.88 bits per heavy atom. The summed E-state index contributed by atoms with van der Waals surface area (Å²) in [6, 6.07) is 11.0. The van der Waals surface area contributed by atoms with Crippen molar-refractivity contribution in [3.8, 4) is 11.5 Å². The van der Waals surface area contributed by atoms with Gasteiger partial charge in [0, 0.05) is 0 Å². The van der Waals surface area contributed by atoms with E-state index in [9.17, 15) is 9.59 Å². The number of ketones is 1. The number of Topliss-reactive ketones (excluding diaryl/α,β-unsaturated/α-hetero) is 1. The Bertz CT molecular complexity index is 844. The Morgan fingerprint density at radius 3 is 2.62 bits per heavy atom. The molecular weight excluding hydrogens is 330 g/mol. The predicted molar refractivity (Wildman–Crippen MR) is 100 cm³/mol. The molecule has 5 heteroatoms. The first-order chi connectivity index (χ1) is 12.6. The van der Waals surface area contributed by atoms with Crippen molar-refractivity contribution in [1.29, 1.82) is 0 Å². The van der Waals surface area contributed by atoms with Gasteiger partial charge >= 0.3 is 0 Å². The van der Waals surface area contributed by atoms with Crippen LogP contribution in [-0.4, -0.2) is 25.4 Å². The van der Waals surface area contributed by atoms with Gasteiger partial charge in [-0.1, -0.05) is 31.5 Å². The maximum atomic E-state index is 12.4. The van der Waals surface area contributed by atoms with Gasteiger partial charge in [0.15, 0.2) is 11.5 Å². The highest BCUT2D eigenvalue weighted by molar-refractivity contribution is 6.52. The van der Waals surface area contributed by atoms with Crippen LogP contribution in [0.2, 0.25) is 0 Å². The number of aryl methyl sites for hydroxylation is 1. The number of amides is 1. The molecular formula is C21H23NO4. The van der Waals surface area contributed by atoms with E-state index < -0.39 is 11.7 Å². The summed E-state index contributed by atoms with van der Waals surface area (Å²) in [6.45, 7) is 4.97. The Hall–Kier alpha value is -2.82. The summed E-state index contributed by atoms with van der Waals surface area (Å²) in [5.41, 5.74) is 2.96. The van der Waals surface area contributed by atoms with E-state index in [2.05, 4.69) is 6.92 Å². The Balaban J connectivity index is 1.86. The van der Waals surface area contributed by atoms with E-state index in [4.69, 9.17) is 9.47 Å². The lowest BCUT2D eigenvalue weighted by molar-refractivity contribution is -0.114. The van der Waals surface area contributed by atoms with Gasteiger partial charge in [-0.15, -0.1) is 0 Å². The third-order valence-corrected chi connectivity index (χ3v) is 4.52. The standard InChI is InChI=1S/C21H23NO4/c1-4-5-11-26-17-10-9-15(12-18(17)25-3)13-22-19-14(2)7-6-8-16(19)20(23)21(22)24/h6-10,12H,4-5,11,13H2,1-3H3. The number of anilines is 1. The molecule has 0 spiro atoms. The lowest BCUT2D eigenvalue weighted by atomic mass is 10.1. The Labute approximate surface area is 153 Å². The minimum Gasteiger partial charge on any atom is -0.493 e. The number of unbranched alkanes of at least 4 members (excludes halogenated alkanes) is 1. The number of methoxy groups -OCH3 is 1. The number of ether oxygens (including phenoxy) is 2. The maximum absolute atomic E-state index is 12.4. The van der Waals surface area contributed by atoms with Gasteiger partial charge in [-0.2, -0.15) is 0 Å². The summed E-state index contributed by atoms with van der Waals surface area (Å²) >= 11 is 0. The minimum atomic E-state index is -0.489. The molecule has 2 aromatic carbocycles. The van der Waals surface area contributed by atoms with E-state index in [1.54, 1.807) is 24.1 Å². The molecule has 0 N–H and O–H groups in total. The number of nitrogens with zero attached hydrogens (tertiary/aromatic N) is 1. The molecule has 0 atom stereocenters. The molecule has 5 nitrogen and oxygen atoms in total. The fraction of sp³-hybridized carbons (Fsp3) is 0.333. The molecule has 1 aliphatic heterocycles. The molecule has 3 rings (SSSR count). The lowest BCUT2D eigenvalue weighted by Gasteiger charge is -2.19. The van der Waals surface area contributed by atoms with E-state index >= 15 is 0 Å². The van der Waals surface area contributed by atoms with Gasteiger partial charge in [0.2, 0.25) is 0 Å². The van der Waals surface area contributed by atoms with Crippen LogP contribution in [0.1, 0.15) is 41.3 Å². The quantitative estimate of drug-likeness (QED) is 0.559. The van der Waals surface area contributed by atoms with Crippen molar-refractivity contribution in [3.05, 3.63) is 53.1 Å². The molecule has 1 amide bonds. The van der Waals surface area contributed by atoms with E-state index in [1.807, 2.05) is 31.2 Å². The number of hydrogen-bond donors (Lipinski definition) is 0. The van der Waals surface area contributed by atoms with Gasteiger partial charge < -0.3 is 14.4 Å². The zero-order chi connectivity index (χ0) is 18.7. The molecule has 0 unspecified atom stereocenters. The van der Waals surface area contributed by atoms with E-state index in [0.717, 1.165) is 24.0 Å². The summed E-state index contributed by atoms with van der Waals surface area (Å²) in [7, 11) is 1.59. The van der Waals surface area contributed by atoms with Gasteiger partial charge in [0.1, 0.15) is 0 Å². The zero-order valence-corrected chi connectivity index (χ0v) is 15.4. The molecule has 0 saturated heterocycles. The highest BCUT2D eigenvalue weighted by Crippen LogP contribution is 2.35. The van der Waals surface area contributed by atoms with Crippen molar-refractivity contribution in [2.75, 3.05) is 18.6 Å². The third-order valence-electron chi connectivity index (χ3n) is 4.52. The predicted octanol–water partition coefficient (Wildman–Crippen LogP) is 3.91. The van der Waals surface area contributed by atoms with Gasteiger partial charge in [-0.05, 0) is 42.7 Å². The summed E-state index contributed by atoms with van der Waals surface area (Å²) in [5, 5.41) is 0. The van der Waals surface area contributed by atoms with Crippen molar-refractivity contribution in [2.24, 2.45) is 0 Å². The van der Waals surface area contributed by atoms with Crippen molar-refractivity contribution < 1.29 is 19.1 Å². The van der Waals surface area contributed by atoms with Crippen LogP contribution in [0.3, 0.4) is 0 Å². The number of carbonyl (C=O) groups is 2. The zero-order valence-electron chi connectivity index (χ0n) is 15.4. The van der Waals surface area contributed by atoms with Crippen LogP contribution in [0.5, 0.6) is 11.5 Å². The molecule has 0 saturated carbocycles. The molecule has 136 valence electrons. The second-order valence-electron chi connectivity index (χ2n) is 6.38. The van der Waals surface area contributed by atoms with Crippen molar-refractivity contribution in [3.63, 3.8) is 0 Å². The van der Waals surface area contributed by atoms with Crippen LogP contribution in [0.25, 0.3) is 0 Å². The van der Waals surface area contributed by atoms with E-state index in [-0.39, 0.29) is 0 Å². The van der Waals surface area contributed by atoms with Crippen LogP contribution in [0, 0.1) is 6.92 Å². The van der Waals surface area contributed by atoms with Gasteiger partial charge in [0.25, 0.3) is 11.7 Å². The molecule has 1 heterocycles. The highest BCUT2D eigenvalue weighted by atomic mass is 16.5. The van der Waals surface area contributed by atoms with Crippen LogP contribution < -0.4 is 14.4 Å². The minimum absolute atomic E-state index is 0.314. The van der Waals surface area contributed by atoms with Gasteiger partial charge in [0.05, 0.1) is 31.5 Å². The Morgan fingerprint density at radius 1 is 1.08 bits per heavy atom. The number of para-hydroxylation sites is 1. The molecule has 0 bridgehead atoms. The fourth-order valence-corrected chi connectivity index (χ4v) is 3.13. The van der Waals surface area contributed by atoms with E-state index in [1.165, 1.54) is 0 Å². The van der Waals surface area contributed by atoms with Crippen LogP contribution in [0.15, 0.2) is 36.4 Å². The summed E-state index contributed by atoms with van der Waals surface area (Å²) in [4.78, 5) is 26.2. The monoisotopic (exact) mass is 353 g/mol. The van der Waals surface area contributed by atoms with Crippen molar-refractivity contribution in [1.82, 2.24) is 0 Å². The highest BCUT2D eigenvalue weighted by Gasteiger charge is 2.36. The van der Waals surface area contributed by atoms with Crippen molar-refractivity contribution in [2.45, 2.75) is 33.2 Å². The average molecular weight is 353 g/mol. The molecule has 0 fully saturated rings. The first-order valence-electron chi connectivity index (χ1n) is 8.82. The number of fused-ring (bicyclic) bond motifs is 1. The summed E-state index contributed by atoms with van der Waals surface area (Å²) < 4.78 is 11.2. The normalized spacial score (nSPS) is 13.1. The second-order valence-corrected chi connectivity index (χ2v) is 6.38. The van der Waals surface area contributed by atoms with Gasteiger partial charge in [-0.25, -0.2) is 0 Å². The topological polar surface area (TPSA) is 55.8 Å². The molecule has 0 aliphatic carbocycles. The van der Waals surface area contributed by atoms with Crippen LogP contribution >= 0.6 is 0 Å². The largest absolute Gasteiger partial charge is 0.493 e. The van der Waals surface area contributed by atoms with E-state index in [0.29, 0.717) is 35.9 Å². The van der Waals surface area contributed by atoms with Gasteiger partial charge in [-0.3, -0.25) is 9.59 Å². The third kappa shape index (κ3) is 3.29. The molecule has 2 aromatic rings. The average Bonchev–Trinajstić information content (AvgIpc) is 2.89. The fourth-order valence-electron chi connectivity index (χ4n) is 3.13. The summed E-state index contributed by atoms with van der Waals surface area (Å²) in [5.74, 6) is 0.374.